The second-order valence-corrected chi connectivity index (χ2v) is 7.67. The summed E-state index contributed by atoms with van der Waals surface area (Å²) in [5.74, 6) is 0.580. The minimum Gasteiger partial charge on any atom is -0.470 e. The van der Waals surface area contributed by atoms with Gasteiger partial charge >= 0.3 is 0 Å². The van der Waals surface area contributed by atoms with Gasteiger partial charge in [0.2, 0.25) is 5.88 Å². The summed E-state index contributed by atoms with van der Waals surface area (Å²) in [6, 6.07) is 19.9. The van der Waals surface area contributed by atoms with Crippen LogP contribution in [0, 0.1) is 22.7 Å². The van der Waals surface area contributed by atoms with E-state index in [-0.39, 0.29) is 6.10 Å². The number of aromatic nitrogens is 1. The molecule has 0 amide bonds. The molecule has 2 aromatic carbocycles. The highest BCUT2D eigenvalue weighted by Gasteiger charge is 2.21. The van der Waals surface area contributed by atoms with Crippen LogP contribution in [0.2, 0.25) is 6.82 Å². The van der Waals surface area contributed by atoms with E-state index in [0.29, 0.717) is 30.1 Å². The summed E-state index contributed by atoms with van der Waals surface area (Å²) in [6.45, 7) is 4.17. The molecule has 7 heteroatoms. The molecule has 3 aromatic rings. The lowest BCUT2D eigenvalue weighted by Gasteiger charge is -2.27. The zero-order chi connectivity index (χ0) is 22.3. The van der Waals surface area contributed by atoms with Crippen molar-refractivity contribution in [1.82, 2.24) is 10.3 Å². The summed E-state index contributed by atoms with van der Waals surface area (Å²) in [7, 11) is 1.98. The molecule has 0 aliphatic carbocycles. The minimum absolute atomic E-state index is 0.0177. The van der Waals surface area contributed by atoms with E-state index >= 15 is 0 Å². The summed E-state index contributed by atoms with van der Waals surface area (Å²) in [4.78, 5) is 4.50. The van der Waals surface area contributed by atoms with Crippen molar-refractivity contribution in [2.45, 2.75) is 19.3 Å². The Morgan fingerprint density at radius 2 is 2.00 bits per heavy atom. The van der Waals surface area contributed by atoms with E-state index in [4.69, 9.17) is 10.00 Å². The third-order valence-electron chi connectivity index (χ3n) is 5.50. The predicted molar refractivity (Wildman–Crippen MR) is 126 cm³/mol. The van der Waals surface area contributed by atoms with Gasteiger partial charge in [0, 0.05) is 23.9 Å². The Bertz CT molecular complexity index is 1180. The molecule has 0 fully saturated rings. The van der Waals surface area contributed by atoms with Crippen LogP contribution in [0.3, 0.4) is 0 Å². The summed E-state index contributed by atoms with van der Waals surface area (Å²) in [5.41, 5.74) is 6.11. The number of hydrogen-bond donors (Lipinski definition) is 2. The Morgan fingerprint density at radius 3 is 2.75 bits per heavy atom. The highest BCUT2D eigenvalue weighted by molar-refractivity contribution is 6.52. The Morgan fingerprint density at radius 1 is 1.16 bits per heavy atom. The van der Waals surface area contributed by atoms with Gasteiger partial charge in [-0.25, -0.2) is 4.98 Å². The molecule has 32 heavy (non-hydrogen) atoms. The summed E-state index contributed by atoms with van der Waals surface area (Å²) >= 11 is 0. The van der Waals surface area contributed by atoms with Crippen molar-refractivity contribution in [1.29, 1.82) is 10.5 Å². The van der Waals surface area contributed by atoms with E-state index in [1.807, 2.05) is 62.6 Å². The number of nitrogens with zero attached hydrogens (tertiary/aromatic N) is 3. The maximum atomic E-state index is 9.53. The third kappa shape index (κ3) is 4.91. The Labute approximate surface area is 189 Å². The van der Waals surface area contributed by atoms with Crippen molar-refractivity contribution >= 4 is 18.4 Å². The quantitative estimate of drug-likeness (QED) is 0.451. The molecule has 2 N–H and O–H groups in total. The number of rotatable bonds is 7. The van der Waals surface area contributed by atoms with Crippen LogP contribution in [0.15, 0.2) is 54.7 Å². The van der Waals surface area contributed by atoms with Crippen LogP contribution in [-0.4, -0.2) is 38.0 Å². The lowest BCUT2D eigenvalue weighted by atomic mass is 9.72. The highest BCUT2D eigenvalue weighted by atomic mass is 16.5. The molecule has 6 nitrogen and oxygen atoms in total. The van der Waals surface area contributed by atoms with Gasteiger partial charge in [-0.15, -0.1) is 0 Å². The molecular weight excluding hydrogens is 397 g/mol. The van der Waals surface area contributed by atoms with Gasteiger partial charge in [-0.05, 0) is 36.7 Å². The summed E-state index contributed by atoms with van der Waals surface area (Å²) in [6.07, 6.45) is 2.63. The van der Waals surface area contributed by atoms with E-state index in [0.717, 1.165) is 35.2 Å². The van der Waals surface area contributed by atoms with Gasteiger partial charge in [0.25, 0.3) is 0 Å². The fourth-order valence-electron chi connectivity index (χ4n) is 3.68. The SMILES string of the molecule is C[B]c1ccc(-c2cnc3c(c2)NCC(CNCCc2ccc(C#N)cc2)O3)c(C#N)c1. The first-order valence-corrected chi connectivity index (χ1v) is 10.6. The first kappa shape index (κ1) is 21.4. The van der Waals surface area contributed by atoms with E-state index in [2.05, 4.69) is 27.8 Å². The number of ether oxygens (including phenoxy) is 1. The Kier molecular flexibility index (Phi) is 6.70. The van der Waals surface area contributed by atoms with Gasteiger partial charge in [0.1, 0.15) is 13.4 Å². The molecule has 0 saturated carbocycles. The fourth-order valence-corrected chi connectivity index (χ4v) is 3.68. The van der Waals surface area contributed by atoms with Crippen molar-refractivity contribution in [3.63, 3.8) is 0 Å². The molecule has 1 radical (unpaired) electrons. The number of nitriles is 2. The topological polar surface area (TPSA) is 93.8 Å². The highest BCUT2D eigenvalue weighted by Crippen LogP contribution is 2.32. The van der Waals surface area contributed by atoms with E-state index in [1.165, 1.54) is 5.56 Å². The maximum absolute atomic E-state index is 9.53. The first-order chi connectivity index (χ1) is 15.7. The molecule has 1 aliphatic heterocycles. The number of anilines is 1. The van der Waals surface area contributed by atoms with Gasteiger partial charge < -0.3 is 15.4 Å². The number of nitrogens with one attached hydrogen (secondary N) is 2. The zero-order valence-corrected chi connectivity index (χ0v) is 17.9. The summed E-state index contributed by atoms with van der Waals surface area (Å²) < 4.78 is 6.06. The number of hydrogen-bond acceptors (Lipinski definition) is 6. The molecule has 157 valence electrons. The molecule has 4 rings (SSSR count). The minimum atomic E-state index is -0.0177. The van der Waals surface area contributed by atoms with Gasteiger partial charge in [-0.1, -0.05) is 42.6 Å². The number of benzene rings is 2. The molecule has 0 saturated heterocycles. The average Bonchev–Trinajstić information content (AvgIpc) is 2.86. The van der Waals surface area contributed by atoms with Crippen molar-refractivity contribution in [2.75, 3.05) is 25.0 Å². The van der Waals surface area contributed by atoms with Crippen molar-refractivity contribution in [2.24, 2.45) is 0 Å². The molecule has 0 spiro atoms. The Hall–Kier alpha value is -3.81. The third-order valence-corrected chi connectivity index (χ3v) is 5.50. The van der Waals surface area contributed by atoms with E-state index < -0.39 is 0 Å². The average molecular weight is 420 g/mol. The largest absolute Gasteiger partial charge is 0.470 e. The first-order valence-electron chi connectivity index (χ1n) is 10.6. The molecule has 1 aromatic heterocycles. The normalized spacial score (nSPS) is 14.3. The van der Waals surface area contributed by atoms with Gasteiger partial charge in [-0.3, -0.25) is 0 Å². The van der Waals surface area contributed by atoms with E-state index in [1.54, 1.807) is 6.20 Å². The summed E-state index contributed by atoms with van der Waals surface area (Å²) in [5, 5.41) is 25.2. The molecular formula is C25H23BN5O. The van der Waals surface area contributed by atoms with Crippen LogP contribution in [0.1, 0.15) is 16.7 Å². The molecule has 1 atom stereocenters. The number of pyridine rings is 1. The lowest BCUT2D eigenvalue weighted by molar-refractivity contribution is 0.194. The monoisotopic (exact) mass is 420 g/mol. The van der Waals surface area contributed by atoms with Gasteiger partial charge in [-0.2, -0.15) is 10.5 Å². The van der Waals surface area contributed by atoms with Crippen LogP contribution < -0.4 is 20.8 Å². The second-order valence-electron chi connectivity index (χ2n) is 7.67. The maximum Gasteiger partial charge on any atom is 0.237 e. The van der Waals surface area contributed by atoms with Crippen molar-refractivity contribution < 1.29 is 4.74 Å². The Balaban J connectivity index is 1.34. The zero-order valence-electron chi connectivity index (χ0n) is 17.9. The fraction of sp³-hybridized carbons (Fsp3) is 0.240. The molecule has 0 bridgehead atoms. The second kappa shape index (κ2) is 10.0. The van der Waals surface area contributed by atoms with Crippen LogP contribution in [0.5, 0.6) is 5.88 Å². The van der Waals surface area contributed by atoms with Gasteiger partial charge in [0.15, 0.2) is 0 Å². The molecule has 1 aliphatic rings. The van der Waals surface area contributed by atoms with Crippen molar-refractivity contribution in [3.8, 4) is 29.1 Å². The van der Waals surface area contributed by atoms with Gasteiger partial charge in [0.05, 0.1) is 35.5 Å². The molecule has 1 unspecified atom stereocenters. The smallest absolute Gasteiger partial charge is 0.237 e. The van der Waals surface area contributed by atoms with Crippen molar-refractivity contribution in [3.05, 3.63) is 71.4 Å². The lowest BCUT2D eigenvalue weighted by Crippen LogP contribution is -2.40. The van der Waals surface area contributed by atoms with Crippen LogP contribution in [0.25, 0.3) is 11.1 Å². The van der Waals surface area contributed by atoms with Crippen LogP contribution in [0.4, 0.5) is 5.69 Å². The number of fused-ring (bicyclic) bond motifs is 1. The predicted octanol–water partition coefficient (Wildman–Crippen LogP) is 2.87. The standard InChI is InChI=1S/C25H23BN5O/c1-26-21-6-7-23(19(10-21)13-28)20-11-24-25(31-14-20)32-22(16-30-24)15-29-9-8-17-2-4-18(12-27)5-3-17/h2-7,10-11,14,22,29-30H,8-9,15-16H2,1H3. The van der Waals surface area contributed by atoms with Crippen LogP contribution >= 0.6 is 0 Å². The van der Waals surface area contributed by atoms with E-state index in [9.17, 15) is 5.26 Å². The molecule has 2 heterocycles. The van der Waals surface area contributed by atoms with Crippen LogP contribution in [-0.2, 0) is 6.42 Å².